The molecular weight excluding hydrogens is 234 g/mol. The Kier molecular flexibility index (Phi) is 3.41. The van der Waals surface area contributed by atoms with Crippen LogP contribution in [0.2, 0.25) is 0 Å². The fourth-order valence-electron chi connectivity index (χ4n) is 0.657. The SMILES string of the molecule is C#CCC(=O)Nc1cnc(Br)cn1. The van der Waals surface area contributed by atoms with Crippen LogP contribution in [0.25, 0.3) is 0 Å². The number of terminal acetylenes is 1. The van der Waals surface area contributed by atoms with Gasteiger partial charge in [-0.15, -0.1) is 6.42 Å². The molecule has 0 saturated carbocycles. The summed E-state index contributed by atoms with van der Waals surface area (Å²) in [6.45, 7) is 0. The van der Waals surface area contributed by atoms with Crippen LogP contribution >= 0.6 is 15.9 Å². The second-order valence-electron chi connectivity index (χ2n) is 2.15. The van der Waals surface area contributed by atoms with Crippen LogP contribution in [0, 0.1) is 12.3 Å². The summed E-state index contributed by atoms with van der Waals surface area (Å²) in [5.41, 5.74) is 0. The van der Waals surface area contributed by atoms with Crippen molar-refractivity contribution in [2.24, 2.45) is 0 Å². The van der Waals surface area contributed by atoms with Crippen molar-refractivity contribution < 1.29 is 4.79 Å². The second kappa shape index (κ2) is 4.58. The minimum atomic E-state index is -0.265. The number of rotatable bonds is 2. The zero-order valence-electron chi connectivity index (χ0n) is 6.62. The van der Waals surface area contributed by atoms with E-state index in [2.05, 4.69) is 37.1 Å². The zero-order valence-corrected chi connectivity index (χ0v) is 8.21. The molecule has 66 valence electrons. The Labute approximate surface area is 83.9 Å². The van der Waals surface area contributed by atoms with Gasteiger partial charge in [0.15, 0.2) is 5.82 Å². The summed E-state index contributed by atoms with van der Waals surface area (Å²) in [6.07, 6.45) is 7.93. The highest BCUT2D eigenvalue weighted by Crippen LogP contribution is 2.05. The van der Waals surface area contributed by atoms with Crippen molar-refractivity contribution in [2.75, 3.05) is 5.32 Å². The van der Waals surface area contributed by atoms with Crippen molar-refractivity contribution in [3.63, 3.8) is 0 Å². The Bertz CT molecular complexity index is 341. The predicted octanol–water partition coefficient (Wildman–Crippen LogP) is 1.20. The van der Waals surface area contributed by atoms with Crippen LogP contribution in [0.15, 0.2) is 17.0 Å². The second-order valence-corrected chi connectivity index (χ2v) is 2.97. The molecule has 0 bridgehead atoms. The van der Waals surface area contributed by atoms with Gasteiger partial charge in [0.1, 0.15) is 4.60 Å². The van der Waals surface area contributed by atoms with Gasteiger partial charge in [-0.25, -0.2) is 9.97 Å². The lowest BCUT2D eigenvalue weighted by Gasteiger charge is -1.99. The highest BCUT2D eigenvalue weighted by molar-refractivity contribution is 9.10. The molecule has 0 aliphatic heterocycles. The molecule has 0 aliphatic rings. The smallest absolute Gasteiger partial charge is 0.237 e. The van der Waals surface area contributed by atoms with E-state index >= 15 is 0 Å². The summed E-state index contributed by atoms with van der Waals surface area (Å²) in [5.74, 6) is 2.36. The van der Waals surface area contributed by atoms with Gasteiger partial charge < -0.3 is 5.32 Å². The minimum absolute atomic E-state index is 0.0394. The van der Waals surface area contributed by atoms with Crippen LogP contribution in [-0.4, -0.2) is 15.9 Å². The van der Waals surface area contributed by atoms with E-state index in [0.717, 1.165) is 0 Å². The number of nitrogens with one attached hydrogen (secondary N) is 1. The molecule has 0 aromatic carbocycles. The van der Waals surface area contributed by atoms with E-state index < -0.39 is 0 Å². The lowest BCUT2D eigenvalue weighted by atomic mass is 10.4. The summed E-state index contributed by atoms with van der Waals surface area (Å²) in [6, 6.07) is 0. The quantitative estimate of drug-likeness (QED) is 0.790. The monoisotopic (exact) mass is 239 g/mol. The Balaban J connectivity index is 2.60. The third-order valence-corrected chi connectivity index (χ3v) is 1.56. The first-order valence-corrected chi connectivity index (χ1v) is 4.22. The number of hydrogen-bond donors (Lipinski definition) is 1. The van der Waals surface area contributed by atoms with E-state index in [9.17, 15) is 4.79 Å². The van der Waals surface area contributed by atoms with E-state index in [-0.39, 0.29) is 12.3 Å². The third-order valence-electron chi connectivity index (χ3n) is 1.15. The predicted molar refractivity (Wildman–Crippen MR) is 51.8 cm³/mol. The number of nitrogens with zero attached hydrogens (tertiary/aromatic N) is 2. The van der Waals surface area contributed by atoms with E-state index in [1.165, 1.54) is 12.4 Å². The Morgan fingerprint density at radius 3 is 2.92 bits per heavy atom. The molecular formula is C8H6BrN3O. The third kappa shape index (κ3) is 3.22. The fourth-order valence-corrected chi connectivity index (χ4v) is 0.861. The number of anilines is 1. The molecule has 1 aromatic heterocycles. The average Bonchev–Trinajstić information content (AvgIpc) is 2.09. The van der Waals surface area contributed by atoms with Crippen molar-refractivity contribution in [3.8, 4) is 12.3 Å². The molecule has 0 spiro atoms. The molecule has 0 radical (unpaired) electrons. The van der Waals surface area contributed by atoms with E-state index in [4.69, 9.17) is 6.42 Å². The van der Waals surface area contributed by atoms with Crippen LogP contribution in [0.1, 0.15) is 6.42 Å². The van der Waals surface area contributed by atoms with Gasteiger partial charge in [0.05, 0.1) is 18.8 Å². The summed E-state index contributed by atoms with van der Waals surface area (Å²) >= 11 is 3.12. The maximum Gasteiger partial charge on any atom is 0.237 e. The fraction of sp³-hybridized carbons (Fsp3) is 0.125. The van der Waals surface area contributed by atoms with Crippen LogP contribution < -0.4 is 5.32 Å². The lowest BCUT2D eigenvalue weighted by Crippen LogP contribution is -2.11. The molecule has 1 heterocycles. The maximum atomic E-state index is 11.0. The van der Waals surface area contributed by atoms with Gasteiger partial charge >= 0.3 is 0 Å². The lowest BCUT2D eigenvalue weighted by molar-refractivity contribution is -0.115. The normalized spacial score (nSPS) is 8.92. The molecule has 0 fully saturated rings. The molecule has 1 N–H and O–H groups in total. The van der Waals surface area contributed by atoms with Gasteiger partial charge in [0.2, 0.25) is 5.91 Å². The zero-order chi connectivity index (χ0) is 9.68. The molecule has 0 unspecified atom stereocenters. The highest BCUT2D eigenvalue weighted by atomic mass is 79.9. The van der Waals surface area contributed by atoms with Crippen LogP contribution in [0.3, 0.4) is 0 Å². The minimum Gasteiger partial charge on any atom is -0.309 e. The summed E-state index contributed by atoms with van der Waals surface area (Å²) in [7, 11) is 0. The summed E-state index contributed by atoms with van der Waals surface area (Å²) in [5, 5.41) is 2.49. The first-order valence-electron chi connectivity index (χ1n) is 3.43. The van der Waals surface area contributed by atoms with E-state index in [0.29, 0.717) is 10.4 Å². The van der Waals surface area contributed by atoms with Crippen LogP contribution in [-0.2, 0) is 4.79 Å². The molecule has 1 rings (SSSR count). The van der Waals surface area contributed by atoms with Gasteiger partial charge in [-0.3, -0.25) is 4.79 Å². The van der Waals surface area contributed by atoms with Gasteiger partial charge in [-0.05, 0) is 15.9 Å². The van der Waals surface area contributed by atoms with Crippen molar-refractivity contribution in [1.82, 2.24) is 9.97 Å². The number of halogens is 1. The van der Waals surface area contributed by atoms with Crippen molar-refractivity contribution >= 4 is 27.7 Å². The van der Waals surface area contributed by atoms with Crippen molar-refractivity contribution in [3.05, 3.63) is 17.0 Å². The maximum absolute atomic E-state index is 11.0. The Morgan fingerprint density at radius 2 is 2.38 bits per heavy atom. The number of hydrogen-bond acceptors (Lipinski definition) is 3. The number of carbonyl (C=O) groups is 1. The van der Waals surface area contributed by atoms with Crippen molar-refractivity contribution in [1.29, 1.82) is 0 Å². The molecule has 1 aromatic rings. The molecule has 0 atom stereocenters. The van der Waals surface area contributed by atoms with E-state index in [1.54, 1.807) is 0 Å². The molecule has 5 heteroatoms. The number of carbonyl (C=O) groups excluding carboxylic acids is 1. The van der Waals surface area contributed by atoms with Gasteiger partial charge in [0.25, 0.3) is 0 Å². The first-order chi connectivity index (χ1) is 6.22. The molecule has 4 nitrogen and oxygen atoms in total. The highest BCUT2D eigenvalue weighted by Gasteiger charge is 2.00. The van der Waals surface area contributed by atoms with Gasteiger partial charge in [-0.2, -0.15) is 0 Å². The Morgan fingerprint density at radius 1 is 1.62 bits per heavy atom. The van der Waals surface area contributed by atoms with Crippen molar-refractivity contribution in [2.45, 2.75) is 6.42 Å². The molecule has 13 heavy (non-hydrogen) atoms. The van der Waals surface area contributed by atoms with Gasteiger partial charge in [0, 0.05) is 0 Å². The van der Waals surface area contributed by atoms with Gasteiger partial charge in [-0.1, -0.05) is 5.92 Å². The number of aromatic nitrogens is 2. The topological polar surface area (TPSA) is 54.9 Å². The molecule has 0 saturated heterocycles. The standard InChI is InChI=1S/C8H6BrN3O/c1-2-3-8(13)12-7-5-10-6(9)4-11-7/h1,4-5H,3H2,(H,11,12,13). The summed E-state index contributed by atoms with van der Waals surface area (Å²) < 4.78 is 0.613. The Hall–Kier alpha value is -1.41. The van der Waals surface area contributed by atoms with E-state index in [1.807, 2.05) is 0 Å². The first kappa shape index (κ1) is 9.68. The summed E-state index contributed by atoms with van der Waals surface area (Å²) in [4.78, 5) is 18.7. The molecule has 0 aliphatic carbocycles. The van der Waals surface area contributed by atoms with Crippen LogP contribution in [0.5, 0.6) is 0 Å². The average molecular weight is 240 g/mol. The number of amides is 1. The van der Waals surface area contributed by atoms with Crippen LogP contribution in [0.4, 0.5) is 5.82 Å². The largest absolute Gasteiger partial charge is 0.309 e. The molecule has 1 amide bonds.